The number of fused-ring (bicyclic) bond motifs is 1. The number of aryl methyl sites for hydroxylation is 1. The summed E-state index contributed by atoms with van der Waals surface area (Å²) in [6.45, 7) is 9.44. The number of benzene rings is 1. The molecule has 2 aromatic rings. The first-order valence-corrected chi connectivity index (χ1v) is 18.1. The molecule has 2 fully saturated rings. The van der Waals surface area contributed by atoms with E-state index in [9.17, 15) is 32.4 Å². The van der Waals surface area contributed by atoms with Crippen molar-refractivity contribution < 1.29 is 32.3 Å². The molecule has 48 heavy (non-hydrogen) atoms. The number of sulfonamides is 1. The van der Waals surface area contributed by atoms with Crippen LogP contribution in [0.3, 0.4) is 0 Å². The Kier molecular flexibility index (Phi) is 12.1. The number of hydrogen-bond donors (Lipinski definition) is 4. The summed E-state index contributed by atoms with van der Waals surface area (Å²) in [6.07, 6.45) is 7.17. The average Bonchev–Trinajstić information content (AvgIpc) is 3.78. The van der Waals surface area contributed by atoms with Crippen LogP contribution in [0.25, 0.3) is 10.8 Å². The van der Waals surface area contributed by atoms with Crippen LogP contribution in [0.1, 0.15) is 77.7 Å². The highest BCUT2D eigenvalue weighted by molar-refractivity contribution is 7.90. The maximum absolute atomic E-state index is 13.8. The number of aromatic nitrogens is 1. The summed E-state index contributed by atoms with van der Waals surface area (Å²) < 4.78 is 32.0. The van der Waals surface area contributed by atoms with Gasteiger partial charge in [0, 0.05) is 18.1 Å². The number of alkyl carbamates (subject to hydrolysis) is 1. The molecule has 4 amide bonds. The van der Waals surface area contributed by atoms with Crippen molar-refractivity contribution in [3.63, 3.8) is 0 Å². The molecule has 3 atom stereocenters. The lowest BCUT2D eigenvalue weighted by Crippen LogP contribution is -2.59. The molecule has 1 aromatic heterocycles. The first kappa shape index (κ1) is 36.6. The number of hydrogen-bond acceptors (Lipinski definition) is 8. The van der Waals surface area contributed by atoms with Crippen LogP contribution >= 0.6 is 0 Å². The summed E-state index contributed by atoms with van der Waals surface area (Å²) in [6, 6.07) is 4.62. The Morgan fingerprint density at radius 2 is 1.83 bits per heavy atom. The molecule has 14 heteroatoms. The van der Waals surface area contributed by atoms with Crippen molar-refractivity contribution in [3.05, 3.63) is 59.0 Å². The first-order valence-electron chi connectivity index (χ1n) is 16.5. The van der Waals surface area contributed by atoms with E-state index in [-0.39, 0.29) is 25.1 Å². The minimum atomic E-state index is -3.81. The van der Waals surface area contributed by atoms with Gasteiger partial charge in [-0.05, 0) is 86.3 Å². The summed E-state index contributed by atoms with van der Waals surface area (Å²) in [4.78, 5) is 68.8. The Morgan fingerprint density at radius 1 is 1.08 bits per heavy atom. The van der Waals surface area contributed by atoms with Gasteiger partial charge in [0.1, 0.15) is 18.1 Å². The zero-order valence-electron chi connectivity index (χ0n) is 27.9. The van der Waals surface area contributed by atoms with E-state index in [4.69, 9.17) is 4.74 Å². The third-order valence-electron chi connectivity index (χ3n) is 8.64. The van der Waals surface area contributed by atoms with Crippen molar-refractivity contribution >= 4 is 44.6 Å². The Balaban J connectivity index is 1.27. The van der Waals surface area contributed by atoms with E-state index in [1.165, 1.54) is 11.0 Å². The van der Waals surface area contributed by atoms with E-state index in [0.29, 0.717) is 37.5 Å². The second kappa shape index (κ2) is 15.8. The van der Waals surface area contributed by atoms with Gasteiger partial charge in [0.05, 0.1) is 11.9 Å². The van der Waals surface area contributed by atoms with Crippen LogP contribution in [-0.4, -0.2) is 78.6 Å². The fourth-order valence-corrected chi connectivity index (χ4v) is 7.12. The smallest absolute Gasteiger partial charge is 0.407 e. The van der Waals surface area contributed by atoms with E-state index >= 15 is 0 Å². The number of nitrogens with one attached hydrogen (secondary N) is 4. The molecule has 2 heterocycles. The summed E-state index contributed by atoms with van der Waals surface area (Å²) in [7, 11) is -3.81. The highest BCUT2D eigenvalue weighted by atomic mass is 32.2. The Bertz CT molecular complexity index is 1680. The van der Waals surface area contributed by atoms with Crippen molar-refractivity contribution in [1.82, 2.24) is 25.2 Å². The second-order valence-corrected chi connectivity index (χ2v) is 15.6. The number of carbonyl (C=O) groups is 4. The number of rotatable bonds is 15. The van der Waals surface area contributed by atoms with Crippen LogP contribution in [0, 0.1) is 5.41 Å². The third-order valence-corrected chi connectivity index (χ3v) is 10.5. The summed E-state index contributed by atoms with van der Waals surface area (Å²) in [5, 5.41) is 6.23. The van der Waals surface area contributed by atoms with Crippen LogP contribution in [-0.2, 0) is 35.6 Å². The van der Waals surface area contributed by atoms with Crippen LogP contribution in [0.4, 0.5) is 4.79 Å². The molecule has 0 spiro atoms. The summed E-state index contributed by atoms with van der Waals surface area (Å²) >= 11 is 0. The van der Waals surface area contributed by atoms with Gasteiger partial charge in [-0.2, -0.15) is 0 Å². The number of carbonyl (C=O) groups excluding carboxylic acids is 4. The van der Waals surface area contributed by atoms with Gasteiger partial charge in [-0.1, -0.05) is 39.0 Å². The molecule has 4 rings (SSSR count). The second-order valence-electron chi connectivity index (χ2n) is 13.6. The topological polar surface area (TPSA) is 184 Å². The predicted octanol–water partition coefficient (Wildman–Crippen LogP) is 3.04. The zero-order valence-corrected chi connectivity index (χ0v) is 28.7. The van der Waals surface area contributed by atoms with Gasteiger partial charge >= 0.3 is 6.09 Å². The maximum atomic E-state index is 13.8. The monoisotopic (exact) mass is 685 g/mol. The number of amides is 4. The molecule has 1 aliphatic heterocycles. The number of likely N-dealkylation sites (tertiary alicyclic amines) is 1. The fourth-order valence-electron chi connectivity index (χ4n) is 5.77. The molecule has 13 nitrogen and oxygen atoms in total. The van der Waals surface area contributed by atoms with E-state index in [0.717, 1.165) is 30.2 Å². The molecule has 262 valence electrons. The molecule has 0 radical (unpaired) electrons. The minimum Gasteiger partial charge on any atom is -0.450 e. The van der Waals surface area contributed by atoms with Gasteiger partial charge in [-0.3, -0.25) is 23.9 Å². The molecular weight excluding hydrogens is 638 g/mol. The van der Waals surface area contributed by atoms with Crippen LogP contribution in [0.2, 0.25) is 0 Å². The van der Waals surface area contributed by atoms with Gasteiger partial charge in [-0.15, -0.1) is 6.58 Å². The number of H-pyrrole nitrogens is 1. The molecule has 1 saturated carbocycles. The van der Waals surface area contributed by atoms with Gasteiger partial charge < -0.3 is 25.3 Å². The normalized spacial score (nSPS) is 17.7. The van der Waals surface area contributed by atoms with Gasteiger partial charge in [-0.25, -0.2) is 13.2 Å². The van der Waals surface area contributed by atoms with E-state index in [1.54, 1.807) is 27.0 Å². The highest BCUT2D eigenvalue weighted by Gasteiger charge is 2.43. The molecule has 0 bridgehead atoms. The number of pyridine rings is 1. The van der Waals surface area contributed by atoms with Gasteiger partial charge in [0.25, 0.3) is 11.5 Å². The quantitative estimate of drug-likeness (QED) is 0.163. The van der Waals surface area contributed by atoms with Crippen LogP contribution < -0.4 is 20.9 Å². The molecular formula is C34H47N5O8S. The largest absolute Gasteiger partial charge is 0.450 e. The first-order chi connectivity index (χ1) is 22.7. The van der Waals surface area contributed by atoms with Crippen molar-refractivity contribution in [2.45, 2.75) is 102 Å². The Morgan fingerprint density at radius 3 is 2.52 bits per heavy atom. The van der Waals surface area contributed by atoms with Crippen molar-refractivity contribution in [2.24, 2.45) is 5.41 Å². The standard InChI is InChI=1S/C34H47N5O8S/c1-5-10-26(30(41)38-48(45,46)24-15-16-24)36-31(42)27-12-9-19-39(27)32(43)28(34(2,3)4)37-33(44)47-20-8-6-7-11-22-13-14-23-17-18-35-29(40)25(23)21-22/h5,13-14,17-18,21,24,26-28H,1,6-12,15-16,19-20H2,2-4H3,(H,35,40)(H,36,42)(H,37,44)(H,38,41)/t26?,27-,28+/m0/s1. The summed E-state index contributed by atoms with van der Waals surface area (Å²) in [5.74, 6) is -1.89. The fraction of sp³-hybridized carbons (Fsp3) is 0.559. The maximum Gasteiger partial charge on any atom is 0.407 e. The Hall–Kier alpha value is -4.20. The Labute approximate surface area is 281 Å². The lowest BCUT2D eigenvalue weighted by atomic mass is 9.85. The summed E-state index contributed by atoms with van der Waals surface area (Å²) in [5.41, 5.74) is 0.215. The minimum absolute atomic E-state index is 0.000996. The van der Waals surface area contributed by atoms with Gasteiger partial charge in [0.2, 0.25) is 21.8 Å². The van der Waals surface area contributed by atoms with Crippen LogP contribution in [0.5, 0.6) is 0 Å². The number of aromatic amines is 1. The average molecular weight is 686 g/mol. The molecule has 4 N–H and O–H groups in total. The molecule has 2 aliphatic rings. The highest BCUT2D eigenvalue weighted by Crippen LogP contribution is 2.28. The SMILES string of the molecule is C=CCC(NC(=O)[C@@H]1CCCN1C(=O)[C@@H](NC(=O)OCCCCCc1ccc2cc[nH]c(=O)c2c1)C(C)(C)C)C(=O)NS(=O)(=O)C1CC1. The molecule has 1 unspecified atom stereocenters. The lowest BCUT2D eigenvalue weighted by molar-refractivity contribution is -0.142. The number of nitrogens with zero attached hydrogens (tertiary/aromatic N) is 1. The van der Waals surface area contributed by atoms with Crippen molar-refractivity contribution in [2.75, 3.05) is 13.2 Å². The molecule has 1 aromatic carbocycles. The van der Waals surface area contributed by atoms with Crippen LogP contribution in [0.15, 0.2) is 47.9 Å². The lowest BCUT2D eigenvalue weighted by Gasteiger charge is -2.35. The van der Waals surface area contributed by atoms with Gasteiger partial charge in [0.15, 0.2) is 0 Å². The zero-order chi connectivity index (χ0) is 35.1. The molecule has 1 aliphatic carbocycles. The molecule has 1 saturated heterocycles. The van der Waals surface area contributed by atoms with Crippen molar-refractivity contribution in [3.8, 4) is 0 Å². The predicted molar refractivity (Wildman–Crippen MR) is 181 cm³/mol. The van der Waals surface area contributed by atoms with Crippen molar-refractivity contribution in [1.29, 1.82) is 0 Å². The van der Waals surface area contributed by atoms with E-state index in [1.807, 2.05) is 24.3 Å². The third kappa shape index (κ3) is 9.68. The number of ether oxygens (including phenoxy) is 1. The number of unbranched alkanes of at least 4 members (excludes halogenated alkanes) is 2. The van der Waals surface area contributed by atoms with E-state index < -0.39 is 62.6 Å². The van der Waals surface area contributed by atoms with E-state index in [2.05, 4.69) is 26.9 Å².